The number of thioether (sulfide) groups is 1. The van der Waals surface area contributed by atoms with Gasteiger partial charge in [0.2, 0.25) is 0 Å². The molecule has 0 bridgehead atoms. The van der Waals surface area contributed by atoms with Crippen LogP contribution in [0, 0.1) is 6.92 Å². The fourth-order valence-corrected chi connectivity index (χ4v) is 2.97. The summed E-state index contributed by atoms with van der Waals surface area (Å²) in [6, 6.07) is 6.00. The number of carboxylic acids is 1. The highest BCUT2D eigenvalue weighted by atomic mass is 32.2. The van der Waals surface area contributed by atoms with Gasteiger partial charge in [0.05, 0.1) is 11.9 Å². The number of hydrogen-bond acceptors (Lipinski definition) is 4. The van der Waals surface area contributed by atoms with Gasteiger partial charge in [-0.3, -0.25) is 4.79 Å². The molecule has 106 valence electrons. The van der Waals surface area contributed by atoms with E-state index < -0.39 is 5.97 Å². The Hall–Kier alpha value is -1.62. The average molecular weight is 290 g/mol. The summed E-state index contributed by atoms with van der Waals surface area (Å²) in [5.74, 6) is 0.796. The van der Waals surface area contributed by atoms with Crippen molar-refractivity contribution in [2.45, 2.75) is 38.1 Å². The molecule has 0 fully saturated rings. The lowest BCUT2D eigenvalue weighted by Gasteiger charge is -2.11. The number of rotatable bonds is 5. The summed E-state index contributed by atoms with van der Waals surface area (Å²) in [6.45, 7) is 6.15. The molecule has 0 aliphatic rings. The van der Waals surface area contributed by atoms with Crippen molar-refractivity contribution in [2.24, 2.45) is 0 Å². The Kier molecular flexibility index (Phi) is 4.60. The van der Waals surface area contributed by atoms with E-state index in [1.54, 1.807) is 0 Å². The summed E-state index contributed by atoms with van der Waals surface area (Å²) in [7, 11) is 0. The van der Waals surface area contributed by atoms with Gasteiger partial charge in [-0.25, -0.2) is 9.97 Å². The topological polar surface area (TPSA) is 63.1 Å². The van der Waals surface area contributed by atoms with Crippen LogP contribution < -0.4 is 0 Å². The van der Waals surface area contributed by atoms with E-state index >= 15 is 0 Å². The quantitative estimate of drug-likeness (QED) is 0.673. The third-order valence-corrected chi connectivity index (χ3v) is 3.96. The van der Waals surface area contributed by atoms with Gasteiger partial charge in [0.1, 0.15) is 10.9 Å². The van der Waals surface area contributed by atoms with E-state index in [9.17, 15) is 4.79 Å². The van der Waals surface area contributed by atoms with Crippen LogP contribution in [-0.2, 0) is 4.79 Å². The number of aryl methyl sites for hydroxylation is 1. The monoisotopic (exact) mass is 290 g/mol. The molecule has 5 heteroatoms. The zero-order valence-corrected chi connectivity index (χ0v) is 12.7. The van der Waals surface area contributed by atoms with Gasteiger partial charge in [-0.15, -0.1) is 11.8 Å². The van der Waals surface area contributed by atoms with E-state index in [1.807, 2.05) is 25.1 Å². The zero-order valence-electron chi connectivity index (χ0n) is 11.9. The first kappa shape index (κ1) is 14.8. The second kappa shape index (κ2) is 6.22. The first-order valence-corrected chi connectivity index (χ1v) is 7.59. The number of nitrogens with zero attached hydrogens (tertiary/aromatic N) is 2. The van der Waals surface area contributed by atoms with E-state index in [-0.39, 0.29) is 12.3 Å². The first-order chi connectivity index (χ1) is 9.49. The predicted molar refractivity (Wildman–Crippen MR) is 81.3 cm³/mol. The van der Waals surface area contributed by atoms with Gasteiger partial charge < -0.3 is 5.11 Å². The lowest BCUT2D eigenvalue weighted by molar-refractivity contribution is -0.136. The normalized spacial score (nSPS) is 11.2. The van der Waals surface area contributed by atoms with Crippen LogP contribution in [0.5, 0.6) is 0 Å². The largest absolute Gasteiger partial charge is 0.481 e. The smallest absolute Gasteiger partial charge is 0.304 e. The van der Waals surface area contributed by atoms with Gasteiger partial charge >= 0.3 is 5.97 Å². The highest BCUT2D eigenvalue weighted by molar-refractivity contribution is 7.99. The van der Waals surface area contributed by atoms with Crippen molar-refractivity contribution in [3.8, 4) is 0 Å². The number of hydrogen-bond donors (Lipinski definition) is 1. The van der Waals surface area contributed by atoms with Crippen molar-refractivity contribution < 1.29 is 9.90 Å². The molecule has 2 aromatic rings. The lowest BCUT2D eigenvalue weighted by Crippen LogP contribution is -2.02. The van der Waals surface area contributed by atoms with Gasteiger partial charge in [0.15, 0.2) is 0 Å². The van der Waals surface area contributed by atoms with Crippen molar-refractivity contribution in [1.29, 1.82) is 0 Å². The molecular weight excluding hydrogens is 272 g/mol. The van der Waals surface area contributed by atoms with Gasteiger partial charge in [-0.05, 0) is 18.6 Å². The fourth-order valence-electron chi connectivity index (χ4n) is 1.93. The Labute approximate surface area is 122 Å². The van der Waals surface area contributed by atoms with Crippen LogP contribution in [0.1, 0.15) is 37.6 Å². The van der Waals surface area contributed by atoms with Crippen molar-refractivity contribution in [3.63, 3.8) is 0 Å². The molecule has 0 spiro atoms. The molecule has 0 saturated carbocycles. The van der Waals surface area contributed by atoms with Crippen molar-refractivity contribution in [3.05, 3.63) is 29.6 Å². The predicted octanol–water partition coefficient (Wildman–Crippen LogP) is 3.63. The molecule has 1 aromatic carbocycles. The molecule has 0 aliphatic carbocycles. The molecule has 2 rings (SSSR count). The van der Waals surface area contributed by atoms with E-state index in [1.165, 1.54) is 11.8 Å². The van der Waals surface area contributed by atoms with Crippen molar-refractivity contribution >= 4 is 28.6 Å². The van der Waals surface area contributed by atoms with Crippen LogP contribution in [0.15, 0.2) is 23.2 Å². The van der Waals surface area contributed by atoms with Crippen LogP contribution in [0.3, 0.4) is 0 Å². The van der Waals surface area contributed by atoms with E-state index in [4.69, 9.17) is 5.11 Å². The molecule has 20 heavy (non-hydrogen) atoms. The van der Waals surface area contributed by atoms with Crippen molar-refractivity contribution in [2.75, 3.05) is 5.75 Å². The second-order valence-electron chi connectivity index (χ2n) is 5.00. The fraction of sp³-hybridized carbons (Fsp3) is 0.400. The van der Waals surface area contributed by atoms with Gasteiger partial charge in [0, 0.05) is 17.1 Å². The molecule has 4 nitrogen and oxygen atoms in total. The summed E-state index contributed by atoms with van der Waals surface area (Å²) in [5, 5.41) is 10.7. The minimum atomic E-state index is -0.781. The van der Waals surface area contributed by atoms with Crippen LogP contribution >= 0.6 is 11.8 Å². The van der Waals surface area contributed by atoms with Crippen molar-refractivity contribution in [1.82, 2.24) is 9.97 Å². The third kappa shape index (κ3) is 3.28. The summed E-state index contributed by atoms with van der Waals surface area (Å²) in [4.78, 5) is 19.9. The van der Waals surface area contributed by atoms with Crippen LogP contribution in [0.25, 0.3) is 10.9 Å². The number of aliphatic carboxylic acids is 1. The highest BCUT2D eigenvalue weighted by Gasteiger charge is 2.12. The maximum absolute atomic E-state index is 10.6. The number of benzene rings is 1. The molecule has 0 unspecified atom stereocenters. The molecule has 0 amide bonds. The molecular formula is C15H18N2O2S. The highest BCUT2D eigenvalue weighted by Crippen LogP contribution is 2.29. The van der Waals surface area contributed by atoms with Gasteiger partial charge in [0.25, 0.3) is 0 Å². The minimum absolute atomic E-state index is 0.138. The third-order valence-electron chi connectivity index (χ3n) is 2.99. The lowest BCUT2D eigenvalue weighted by atomic mass is 10.1. The van der Waals surface area contributed by atoms with Crippen LogP contribution in [-0.4, -0.2) is 26.8 Å². The molecule has 0 aliphatic heterocycles. The standard InChI is InChI=1S/C15H18N2O2S/c1-9(2)14-16-11-6-4-5-10(3)13(11)15(17-14)20-8-7-12(18)19/h4-6,9H,7-8H2,1-3H3,(H,18,19). The molecule has 0 saturated heterocycles. The maximum Gasteiger partial charge on any atom is 0.304 e. The average Bonchev–Trinajstić information content (AvgIpc) is 2.37. The SMILES string of the molecule is Cc1cccc2nc(C(C)C)nc(SCCC(=O)O)c12. The Morgan fingerprint density at radius 3 is 2.75 bits per heavy atom. The molecule has 0 atom stereocenters. The first-order valence-electron chi connectivity index (χ1n) is 6.61. The Morgan fingerprint density at radius 1 is 1.35 bits per heavy atom. The number of carboxylic acid groups (broad SMARTS) is 1. The van der Waals surface area contributed by atoms with E-state index in [0.29, 0.717) is 5.75 Å². The van der Waals surface area contributed by atoms with Crippen LogP contribution in [0.4, 0.5) is 0 Å². The Balaban J connectivity index is 2.45. The Bertz CT molecular complexity index is 641. The summed E-state index contributed by atoms with van der Waals surface area (Å²) in [6.07, 6.45) is 0.138. The number of aromatic nitrogens is 2. The van der Waals surface area contributed by atoms with E-state index in [2.05, 4.69) is 23.8 Å². The minimum Gasteiger partial charge on any atom is -0.481 e. The maximum atomic E-state index is 10.6. The second-order valence-corrected chi connectivity index (χ2v) is 6.09. The number of carbonyl (C=O) groups is 1. The summed E-state index contributed by atoms with van der Waals surface area (Å²) in [5.41, 5.74) is 2.05. The summed E-state index contributed by atoms with van der Waals surface area (Å²) >= 11 is 1.49. The van der Waals surface area contributed by atoms with Gasteiger partial charge in [-0.2, -0.15) is 0 Å². The Morgan fingerprint density at radius 2 is 2.10 bits per heavy atom. The van der Waals surface area contributed by atoms with Gasteiger partial charge in [-0.1, -0.05) is 26.0 Å². The van der Waals surface area contributed by atoms with E-state index in [0.717, 1.165) is 27.3 Å². The molecule has 1 heterocycles. The zero-order chi connectivity index (χ0) is 14.7. The summed E-state index contributed by atoms with van der Waals surface area (Å²) < 4.78 is 0. The molecule has 1 N–H and O–H groups in total. The number of fused-ring (bicyclic) bond motifs is 1. The molecule has 0 radical (unpaired) electrons. The van der Waals surface area contributed by atoms with Crippen LogP contribution in [0.2, 0.25) is 0 Å². The molecule has 1 aromatic heterocycles.